The molecule has 0 atom stereocenters. The molecule has 2 aliphatic heterocycles. The normalized spacial score (nSPS) is 18.1. The lowest BCUT2D eigenvalue weighted by atomic mass is 10.0. The molecule has 190 valence electrons. The largest absolute Gasteiger partial charge is 0.369 e. The Hall–Kier alpha value is -2.41. The first-order valence-electron chi connectivity index (χ1n) is 11.0. The van der Waals surface area contributed by atoms with E-state index in [0.717, 1.165) is 8.61 Å². The predicted molar refractivity (Wildman–Crippen MR) is 130 cm³/mol. The quantitative estimate of drug-likeness (QED) is 0.554. The Balaban J connectivity index is 1.51. The molecular formula is C22H26ClFN4O5S2. The molecule has 35 heavy (non-hydrogen) atoms. The predicted octanol–water partition coefficient (Wildman–Crippen LogP) is 2.82. The monoisotopic (exact) mass is 544 g/mol. The lowest BCUT2D eigenvalue weighted by Gasteiger charge is -2.37. The number of hydrogen-bond acceptors (Lipinski definition) is 6. The molecule has 0 spiro atoms. The topological polar surface area (TPSA) is 98.3 Å². The number of sulfonamides is 2. The highest BCUT2D eigenvalue weighted by molar-refractivity contribution is 7.92. The van der Waals surface area contributed by atoms with Crippen LogP contribution in [0, 0.1) is 5.82 Å². The van der Waals surface area contributed by atoms with E-state index < -0.39 is 36.8 Å². The molecule has 2 heterocycles. The fourth-order valence-electron chi connectivity index (χ4n) is 4.44. The average Bonchev–Trinajstić information content (AvgIpc) is 3.21. The zero-order chi connectivity index (χ0) is 25.5. The second-order valence-electron chi connectivity index (χ2n) is 8.60. The van der Waals surface area contributed by atoms with Crippen LogP contribution in [-0.4, -0.2) is 82.7 Å². The first-order valence-corrected chi connectivity index (χ1v) is 14.3. The van der Waals surface area contributed by atoms with Gasteiger partial charge in [0.05, 0.1) is 12.2 Å². The van der Waals surface area contributed by atoms with Crippen molar-refractivity contribution in [2.75, 3.05) is 45.2 Å². The SMILES string of the molecule is CN(C)S(=O)(=O)c1ccccc1S(=O)(=O)N1CCN(C2CCN(c3ccc(Cl)cc3F)CC2)C1=O. The molecule has 0 aliphatic carbocycles. The average molecular weight is 545 g/mol. The minimum Gasteiger partial charge on any atom is -0.369 e. The van der Waals surface area contributed by atoms with Gasteiger partial charge in [-0.25, -0.2) is 34.6 Å². The van der Waals surface area contributed by atoms with Crippen LogP contribution in [0.1, 0.15) is 12.8 Å². The van der Waals surface area contributed by atoms with Gasteiger partial charge in [-0.15, -0.1) is 0 Å². The van der Waals surface area contributed by atoms with Crippen LogP contribution in [0.4, 0.5) is 14.9 Å². The summed E-state index contributed by atoms with van der Waals surface area (Å²) < 4.78 is 68.2. The van der Waals surface area contributed by atoms with Crippen LogP contribution in [0.15, 0.2) is 52.3 Å². The molecule has 13 heteroatoms. The highest BCUT2D eigenvalue weighted by Gasteiger charge is 2.43. The number of piperidine rings is 1. The number of anilines is 1. The number of halogens is 2. The van der Waals surface area contributed by atoms with Gasteiger partial charge < -0.3 is 9.80 Å². The van der Waals surface area contributed by atoms with Gasteiger partial charge in [-0.2, -0.15) is 0 Å². The van der Waals surface area contributed by atoms with Crippen molar-refractivity contribution in [3.05, 3.63) is 53.3 Å². The first kappa shape index (κ1) is 25.7. The van der Waals surface area contributed by atoms with E-state index in [1.54, 1.807) is 12.1 Å². The maximum atomic E-state index is 14.3. The summed E-state index contributed by atoms with van der Waals surface area (Å²) in [5, 5.41) is 0.310. The lowest BCUT2D eigenvalue weighted by molar-refractivity contribution is 0.179. The molecule has 0 aromatic heterocycles. The molecule has 2 fully saturated rings. The lowest BCUT2D eigenvalue weighted by Crippen LogP contribution is -2.47. The van der Waals surface area contributed by atoms with Gasteiger partial charge in [0.1, 0.15) is 15.6 Å². The third kappa shape index (κ3) is 4.72. The van der Waals surface area contributed by atoms with Crippen LogP contribution < -0.4 is 4.90 Å². The van der Waals surface area contributed by atoms with Gasteiger partial charge >= 0.3 is 6.03 Å². The van der Waals surface area contributed by atoms with Crippen molar-refractivity contribution < 1.29 is 26.0 Å². The van der Waals surface area contributed by atoms with Crippen LogP contribution in [0.2, 0.25) is 5.02 Å². The van der Waals surface area contributed by atoms with Crippen molar-refractivity contribution in [1.29, 1.82) is 0 Å². The highest BCUT2D eigenvalue weighted by atomic mass is 35.5. The molecule has 2 amide bonds. The smallest absolute Gasteiger partial charge is 0.334 e. The number of benzene rings is 2. The second kappa shape index (κ2) is 9.57. The van der Waals surface area contributed by atoms with E-state index in [-0.39, 0.29) is 24.0 Å². The zero-order valence-corrected chi connectivity index (χ0v) is 21.7. The minimum atomic E-state index is -4.41. The molecule has 2 aromatic rings. The molecule has 0 bridgehead atoms. The maximum Gasteiger partial charge on any atom is 0.334 e. The molecule has 4 rings (SSSR count). The third-order valence-electron chi connectivity index (χ3n) is 6.33. The Morgan fingerprint density at radius 2 is 1.57 bits per heavy atom. The number of nitrogens with zero attached hydrogens (tertiary/aromatic N) is 4. The van der Waals surface area contributed by atoms with Crippen LogP contribution >= 0.6 is 11.6 Å². The van der Waals surface area contributed by atoms with Crippen LogP contribution in [-0.2, 0) is 20.0 Å². The number of carbonyl (C=O) groups excluding carboxylic acids is 1. The van der Waals surface area contributed by atoms with Gasteiger partial charge in [0.25, 0.3) is 10.0 Å². The summed E-state index contributed by atoms with van der Waals surface area (Å²) in [6, 6.07) is 8.86. The molecule has 2 aromatic carbocycles. The molecule has 0 saturated carbocycles. The van der Waals surface area contributed by atoms with Gasteiger partial charge in [-0.05, 0) is 43.2 Å². The zero-order valence-electron chi connectivity index (χ0n) is 19.3. The van der Waals surface area contributed by atoms with E-state index in [0.29, 0.717) is 36.6 Å². The van der Waals surface area contributed by atoms with Gasteiger partial charge in [-0.3, -0.25) is 0 Å². The summed E-state index contributed by atoms with van der Waals surface area (Å²) in [4.78, 5) is 15.8. The van der Waals surface area contributed by atoms with E-state index in [4.69, 9.17) is 11.6 Å². The van der Waals surface area contributed by atoms with Crippen molar-refractivity contribution in [3.63, 3.8) is 0 Å². The molecular weight excluding hydrogens is 519 g/mol. The fraction of sp³-hybridized carbons (Fsp3) is 0.409. The van der Waals surface area contributed by atoms with Gasteiger partial charge in [-0.1, -0.05) is 23.7 Å². The molecule has 2 saturated heterocycles. The molecule has 9 nitrogen and oxygen atoms in total. The summed E-state index contributed by atoms with van der Waals surface area (Å²) in [6.07, 6.45) is 1.07. The standard InChI is InChI=1S/C22H26ClFN4O5S2/c1-25(2)34(30,31)20-5-3-4-6-21(20)35(32,33)28-14-13-27(22(28)29)17-9-11-26(12-10-17)19-8-7-16(23)15-18(19)24/h3-8,15,17H,9-14H2,1-2H3. The number of carbonyl (C=O) groups is 1. The Bertz CT molecular complexity index is 1350. The third-order valence-corrected chi connectivity index (χ3v) is 10.4. The summed E-state index contributed by atoms with van der Waals surface area (Å²) in [6.45, 7) is 1.09. The van der Waals surface area contributed by atoms with Gasteiger partial charge in [0.2, 0.25) is 10.0 Å². The number of hydrogen-bond donors (Lipinski definition) is 0. The number of rotatable bonds is 6. The van der Waals surface area contributed by atoms with Gasteiger partial charge in [0.15, 0.2) is 0 Å². The Kier molecular flexibility index (Phi) is 7.02. The van der Waals surface area contributed by atoms with E-state index >= 15 is 0 Å². The Morgan fingerprint density at radius 1 is 0.943 bits per heavy atom. The van der Waals surface area contributed by atoms with Crippen molar-refractivity contribution in [2.24, 2.45) is 0 Å². The minimum absolute atomic E-state index is 0.0798. The van der Waals surface area contributed by atoms with E-state index in [1.165, 1.54) is 49.3 Å². The van der Waals surface area contributed by atoms with E-state index in [2.05, 4.69) is 0 Å². The van der Waals surface area contributed by atoms with Crippen molar-refractivity contribution >= 4 is 43.4 Å². The second-order valence-corrected chi connectivity index (χ2v) is 13.0. The summed E-state index contributed by atoms with van der Waals surface area (Å²) in [7, 11) is -5.84. The van der Waals surface area contributed by atoms with Gasteiger partial charge in [0, 0.05) is 44.8 Å². The molecule has 0 radical (unpaired) electrons. The first-order chi connectivity index (χ1) is 16.4. The fourth-order valence-corrected chi connectivity index (χ4v) is 7.64. The summed E-state index contributed by atoms with van der Waals surface area (Å²) >= 11 is 5.83. The van der Waals surface area contributed by atoms with Crippen LogP contribution in [0.25, 0.3) is 0 Å². The van der Waals surface area contributed by atoms with Crippen molar-refractivity contribution in [2.45, 2.75) is 28.7 Å². The molecule has 2 aliphatic rings. The van der Waals surface area contributed by atoms with Crippen molar-refractivity contribution in [3.8, 4) is 0 Å². The summed E-state index contributed by atoms with van der Waals surface area (Å²) in [5.74, 6) is -0.420. The Morgan fingerprint density at radius 3 is 2.17 bits per heavy atom. The maximum absolute atomic E-state index is 14.3. The Labute approximate surface area is 209 Å². The number of urea groups is 1. The summed E-state index contributed by atoms with van der Waals surface area (Å²) in [5.41, 5.74) is 0.434. The van der Waals surface area contributed by atoms with Crippen LogP contribution in [0.3, 0.4) is 0 Å². The van der Waals surface area contributed by atoms with E-state index in [1.807, 2.05) is 4.90 Å². The van der Waals surface area contributed by atoms with E-state index in [9.17, 15) is 26.0 Å². The number of amides is 2. The molecule has 0 N–H and O–H groups in total. The van der Waals surface area contributed by atoms with Crippen LogP contribution in [0.5, 0.6) is 0 Å². The highest BCUT2D eigenvalue weighted by Crippen LogP contribution is 2.31. The van der Waals surface area contributed by atoms with Crippen molar-refractivity contribution in [1.82, 2.24) is 13.5 Å². The molecule has 0 unspecified atom stereocenters.